The normalized spacial score (nSPS) is 19.1. The molecule has 2 rings (SSSR count). The summed E-state index contributed by atoms with van der Waals surface area (Å²) in [6, 6.07) is 0. The van der Waals surface area contributed by atoms with Crippen molar-refractivity contribution in [3.05, 3.63) is 0 Å². The summed E-state index contributed by atoms with van der Waals surface area (Å²) in [5.41, 5.74) is -0.507. The van der Waals surface area contributed by atoms with Gasteiger partial charge in [0.15, 0.2) is 5.96 Å². The van der Waals surface area contributed by atoms with Gasteiger partial charge in [-0.3, -0.25) is 19.5 Å². The smallest absolute Gasteiger partial charge is 0.236 e. The quantitative estimate of drug-likeness (QED) is 0.323. The molecule has 2 fully saturated rings. The van der Waals surface area contributed by atoms with E-state index in [1.807, 2.05) is 18.7 Å². The Morgan fingerprint density at radius 2 is 1.57 bits per heavy atom. The number of likely N-dealkylation sites (tertiary alicyclic amines) is 1. The first-order valence-corrected chi connectivity index (χ1v) is 10.1. The molecule has 2 amide bonds. The number of piperidine rings is 1. The number of piperazine rings is 1. The van der Waals surface area contributed by atoms with E-state index in [0.29, 0.717) is 13.1 Å². The molecule has 0 aliphatic carbocycles. The van der Waals surface area contributed by atoms with Gasteiger partial charge in [-0.05, 0) is 33.1 Å². The number of hydrogen-bond donors (Lipinski definition) is 2. The van der Waals surface area contributed by atoms with Crippen LogP contribution >= 0.6 is 24.0 Å². The highest BCUT2D eigenvalue weighted by atomic mass is 127. The van der Waals surface area contributed by atoms with Crippen molar-refractivity contribution in [3.8, 4) is 0 Å². The number of guanidine groups is 1. The number of halogens is 1. The molecule has 0 atom stereocenters. The largest absolute Gasteiger partial charge is 0.359 e. The third-order valence-corrected chi connectivity index (χ3v) is 5.48. The number of hydrogen-bond acceptors (Lipinski definition) is 4. The van der Waals surface area contributed by atoms with E-state index >= 15 is 0 Å². The Morgan fingerprint density at radius 1 is 0.964 bits per heavy atom. The number of nitrogens with zero attached hydrogens (tertiary/aromatic N) is 4. The molecule has 0 aromatic rings. The lowest BCUT2D eigenvalue weighted by Gasteiger charge is -2.38. The Kier molecular flexibility index (Phi) is 10.5. The maximum atomic E-state index is 12.4. The second-order valence-corrected chi connectivity index (χ2v) is 8.07. The van der Waals surface area contributed by atoms with E-state index in [-0.39, 0.29) is 35.8 Å². The highest BCUT2D eigenvalue weighted by Gasteiger charge is 2.28. The standard InChI is InChI=1S/C19H36N6O2.HI/c1-19(2,17(27)20-3)15-22-18(21-4)25-12-10-23(11-13-25)14-16(26)24-8-6-5-7-9-24;/h5-15H2,1-4H3,(H,20,27)(H,21,22);1H. The van der Waals surface area contributed by atoms with Crippen LogP contribution in [0.3, 0.4) is 0 Å². The van der Waals surface area contributed by atoms with Crippen LogP contribution < -0.4 is 10.6 Å². The molecule has 2 heterocycles. The Morgan fingerprint density at radius 3 is 2.11 bits per heavy atom. The van der Waals surface area contributed by atoms with Crippen molar-refractivity contribution < 1.29 is 9.59 Å². The van der Waals surface area contributed by atoms with Crippen molar-refractivity contribution in [1.82, 2.24) is 25.3 Å². The van der Waals surface area contributed by atoms with Crippen LogP contribution in [0.4, 0.5) is 0 Å². The van der Waals surface area contributed by atoms with Gasteiger partial charge in [0.05, 0.1) is 12.0 Å². The van der Waals surface area contributed by atoms with Crippen molar-refractivity contribution >= 4 is 41.8 Å². The van der Waals surface area contributed by atoms with Crippen molar-refractivity contribution in [2.75, 3.05) is 66.5 Å². The fraction of sp³-hybridized carbons (Fsp3) is 0.842. The summed E-state index contributed by atoms with van der Waals surface area (Å²) < 4.78 is 0. The third-order valence-electron chi connectivity index (χ3n) is 5.48. The molecule has 0 radical (unpaired) electrons. The van der Waals surface area contributed by atoms with Crippen molar-refractivity contribution in [3.63, 3.8) is 0 Å². The summed E-state index contributed by atoms with van der Waals surface area (Å²) in [5, 5.41) is 6.03. The van der Waals surface area contributed by atoms with Crippen LogP contribution in [0.25, 0.3) is 0 Å². The minimum Gasteiger partial charge on any atom is -0.359 e. The lowest BCUT2D eigenvalue weighted by atomic mass is 9.92. The van der Waals surface area contributed by atoms with Gasteiger partial charge < -0.3 is 20.4 Å². The molecule has 0 bridgehead atoms. The maximum Gasteiger partial charge on any atom is 0.236 e. The number of carbonyl (C=O) groups is 2. The first-order chi connectivity index (χ1) is 12.9. The van der Waals surface area contributed by atoms with E-state index in [9.17, 15) is 9.59 Å². The molecule has 9 heteroatoms. The number of amides is 2. The van der Waals surface area contributed by atoms with Crippen LogP contribution in [0.1, 0.15) is 33.1 Å². The van der Waals surface area contributed by atoms with Crippen molar-refractivity contribution in [2.24, 2.45) is 10.4 Å². The Bertz CT molecular complexity index is 541. The molecule has 2 aliphatic rings. The van der Waals surface area contributed by atoms with Crippen molar-refractivity contribution in [2.45, 2.75) is 33.1 Å². The van der Waals surface area contributed by atoms with E-state index in [1.165, 1.54) is 6.42 Å². The molecule has 2 saturated heterocycles. The lowest BCUT2D eigenvalue weighted by molar-refractivity contribution is -0.133. The molecule has 162 valence electrons. The summed E-state index contributed by atoms with van der Waals surface area (Å²) >= 11 is 0. The summed E-state index contributed by atoms with van der Waals surface area (Å²) in [7, 11) is 3.42. The molecular formula is C19H37IN6O2. The van der Waals surface area contributed by atoms with Gasteiger partial charge in [0.2, 0.25) is 11.8 Å². The second kappa shape index (κ2) is 11.8. The van der Waals surface area contributed by atoms with Crippen LogP contribution in [0.5, 0.6) is 0 Å². The van der Waals surface area contributed by atoms with Crippen LogP contribution in [0.15, 0.2) is 4.99 Å². The van der Waals surface area contributed by atoms with Gasteiger partial charge in [0.25, 0.3) is 0 Å². The van der Waals surface area contributed by atoms with Gasteiger partial charge in [0.1, 0.15) is 0 Å². The predicted molar refractivity (Wildman–Crippen MR) is 123 cm³/mol. The van der Waals surface area contributed by atoms with E-state index < -0.39 is 5.41 Å². The number of rotatable bonds is 5. The summed E-state index contributed by atoms with van der Waals surface area (Å²) in [6.07, 6.45) is 3.51. The van der Waals surface area contributed by atoms with Crippen molar-refractivity contribution in [1.29, 1.82) is 0 Å². The molecule has 2 N–H and O–H groups in total. The minimum absolute atomic E-state index is 0. The maximum absolute atomic E-state index is 12.4. The molecule has 0 saturated carbocycles. The fourth-order valence-electron chi connectivity index (χ4n) is 3.60. The van der Waals surface area contributed by atoms with Gasteiger partial charge in [-0.1, -0.05) is 0 Å². The van der Waals surface area contributed by atoms with Crippen LogP contribution in [-0.4, -0.2) is 98.9 Å². The lowest BCUT2D eigenvalue weighted by Crippen LogP contribution is -2.55. The average Bonchev–Trinajstić information content (AvgIpc) is 2.69. The summed E-state index contributed by atoms with van der Waals surface area (Å²) in [4.78, 5) is 35.2. The third kappa shape index (κ3) is 7.06. The summed E-state index contributed by atoms with van der Waals surface area (Å²) in [5.74, 6) is 1.08. The average molecular weight is 508 g/mol. The van der Waals surface area contributed by atoms with E-state index in [1.54, 1.807) is 14.1 Å². The molecular weight excluding hydrogens is 471 g/mol. The zero-order valence-corrected chi connectivity index (χ0v) is 20.1. The topological polar surface area (TPSA) is 80.3 Å². The molecule has 2 aliphatic heterocycles. The van der Waals surface area contributed by atoms with E-state index in [0.717, 1.165) is 58.1 Å². The number of carbonyl (C=O) groups excluding carboxylic acids is 2. The zero-order chi connectivity index (χ0) is 19.9. The van der Waals surface area contributed by atoms with Crippen LogP contribution in [0, 0.1) is 5.41 Å². The zero-order valence-electron chi connectivity index (χ0n) is 17.8. The number of nitrogens with one attached hydrogen (secondary N) is 2. The Labute approximate surface area is 186 Å². The van der Waals surface area contributed by atoms with E-state index in [4.69, 9.17) is 0 Å². The summed E-state index contributed by atoms with van der Waals surface area (Å²) in [6.45, 7) is 10.0. The Hall–Kier alpha value is -1.10. The molecule has 0 unspecified atom stereocenters. The van der Waals surface area contributed by atoms with Crippen LogP contribution in [-0.2, 0) is 9.59 Å². The molecule has 8 nitrogen and oxygen atoms in total. The van der Waals surface area contributed by atoms with Crippen LogP contribution in [0.2, 0.25) is 0 Å². The molecule has 0 aromatic heterocycles. The van der Waals surface area contributed by atoms with Gasteiger partial charge in [0, 0.05) is 59.9 Å². The first-order valence-electron chi connectivity index (χ1n) is 10.1. The molecule has 0 spiro atoms. The molecule has 28 heavy (non-hydrogen) atoms. The predicted octanol–water partition coefficient (Wildman–Crippen LogP) is 0.582. The van der Waals surface area contributed by atoms with E-state index in [2.05, 4.69) is 25.4 Å². The SMILES string of the molecule is CN=C(NCC(C)(C)C(=O)NC)N1CCN(CC(=O)N2CCCCC2)CC1.I. The highest BCUT2D eigenvalue weighted by Crippen LogP contribution is 2.14. The highest BCUT2D eigenvalue weighted by molar-refractivity contribution is 14.0. The number of aliphatic imine (C=N–C) groups is 1. The van der Waals surface area contributed by atoms with Gasteiger partial charge in [-0.2, -0.15) is 0 Å². The second-order valence-electron chi connectivity index (χ2n) is 8.07. The minimum atomic E-state index is -0.507. The molecule has 0 aromatic carbocycles. The Balaban J connectivity index is 0.00000392. The van der Waals surface area contributed by atoms with Gasteiger partial charge >= 0.3 is 0 Å². The van der Waals surface area contributed by atoms with Gasteiger partial charge in [-0.25, -0.2) is 0 Å². The monoisotopic (exact) mass is 508 g/mol. The fourth-order valence-corrected chi connectivity index (χ4v) is 3.60. The van der Waals surface area contributed by atoms with Gasteiger partial charge in [-0.15, -0.1) is 24.0 Å². The first kappa shape index (κ1) is 24.9.